The van der Waals surface area contributed by atoms with Crippen molar-refractivity contribution in [2.24, 2.45) is 0 Å². The molecule has 7 heteroatoms. The van der Waals surface area contributed by atoms with Gasteiger partial charge in [0.1, 0.15) is 5.60 Å². The number of hydrogen-bond donors (Lipinski definition) is 0. The number of likely N-dealkylation sites (tertiary alicyclic amines) is 1. The quantitative estimate of drug-likeness (QED) is 0.832. The fourth-order valence-corrected chi connectivity index (χ4v) is 2.79. The lowest BCUT2D eigenvalue weighted by Crippen LogP contribution is -2.49. The first-order chi connectivity index (χ1) is 10.8. The van der Waals surface area contributed by atoms with E-state index in [9.17, 15) is 10.1 Å². The molecule has 23 heavy (non-hydrogen) atoms. The highest BCUT2D eigenvalue weighted by Crippen LogP contribution is 2.40. The average molecular weight is 318 g/mol. The number of piperidine rings is 1. The third kappa shape index (κ3) is 3.31. The Balaban J connectivity index is 1.78. The van der Waals surface area contributed by atoms with Crippen LogP contribution in [-0.4, -0.2) is 39.8 Å². The lowest BCUT2D eigenvalue weighted by molar-refractivity contribution is 0.0151. The van der Waals surface area contributed by atoms with Gasteiger partial charge in [-0.2, -0.15) is 10.2 Å². The van der Waals surface area contributed by atoms with E-state index in [0.717, 1.165) is 12.8 Å². The number of aromatic nitrogens is 2. The van der Waals surface area contributed by atoms with E-state index >= 15 is 0 Å². The molecule has 1 aliphatic heterocycles. The zero-order valence-electron chi connectivity index (χ0n) is 13.8. The van der Waals surface area contributed by atoms with Crippen molar-refractivity contribution < 1.29 is 14.1 Å². The van der Waals surface area contributed by atoms with Crippen LogP contribution in [0, 0.1) is 11.3 Å². The SMILES string of the molecule is CC(C)(C)OC(=O)N1CCCC(C#N)(c2nc(C3CC3)no2)C1. The zero-order valence-corrected chi connectivity index (χ0v) is 13.8. The fraction of sp³-hybridized carbons (Fsp3) is 0.750. The summed E-state index contributed by atoms with van der Waals surface area (Å²) >= 11 is 0. The molecule has 0 bridgehead atoms. The molecule has 1 aromatic heterocycles. The Hall–Kier alpha value is -2.10. The molecule has 1 saturated heterocycles. The number of rotatable bonds is 2. The normalized spacial score (nSPS) is 25.0. The van der Waals surface area contributed by atoms with Crippen LogP contribution in [0.4, 0.5) is 4.79 Å². The molecule has 2 aliphatic rings. The summed E-state index contributed by atoms with van der Waals surface area (Å²) in [6, 6.07) is 2.31. The van der Waals surface area contributed by atoms with Crippen molar-refractivity contribution in [3.05, 3.63) is 11.7 Å². The Bertz CT molecular complexity index is 638. The van der Waals surface area contributed by atoms with Crippen LogP contribution in [0.5, 0.6) is 0 Å². The zero-order chi connectivity index (χ0) is 16.7. The van der Waals surface area contributed by atoms with Gasteiger partial charge in [0.25, 0.3) is 0 Å². The van der Waals surface area contributed by atoms with Gasteiger partial charge >= 0.3 is 6.09 Å². The first kappa shape index (κ1) is 15.8. The second-order valence-electron chi connectivity index (χ2n) is 7.43. The van der Waals surface area contributed by atoms with Crippen molar-refractivity contribution in [3.8, 4) is 6.07 Å². The van der Waals surface area contributed by atoms with E-state index in [1.165, 1.54) is 0 Å². The van der Waals surface area contributed by atoms with Gasteiger partial charge in [-0.05, 0) is 46.5 Å². The molecular formula is C16H22N4O3. The Morgan fingerprint density at radius 1 is 1.48 bits per heavy atom. The van der Waals surface area contributed by atoms with E-state index in [-0.39, 0.29) is 6.54 Å². The van der Waals surface area contributed by atoms with Crippen LogP contribution in [0.2, 0.25) is 0 Å². The van der Waals surface area contributed by atoms with E-state index in [1.807, 2.05) is 20.8 Å². The third-order valence-corrected chi connectivity index (χ3v) is 4.15. The molecule has 0 N–H and O–H groups in total. The predicted octanol–water partition coefficient (Wildman–Crippen LogP) is 2.74. The maximum Gasteiger partial charge on any atom is 0.410 e. The molecule has 2 fully saturated rings. The molecule has 1 saturated carbocycles. The van der Waals surface area contributed by atoms with Crippen molar-refractivity contribution in [2.45, 2.75) is 63.4 Å². The van der Waals surface area contributed by atoms with E-state index in [0.29, 0.717) is 37.0 Å². The number of nitrogens with zero attached hydrogens (tertiary/aromatic N) is 4. The highest BCUT2D eigenvalue weighted by molar-refractivity contribution is 5.68. The Labute approximate surface area is 135 Å². The molecule has 1 amide bonds. The van der Waals surface area contributed by atoms with Crippen LogP contribution in [0.25, 0.3) is 0 Å². The van der Waals surface area contributed by atoms with Crippen LogP contribution in [0.1, 0.15) is 64.1 Å². The summed E-state index contributed by atoms with van der Waals surface area (Å²) in [5.41, 5.74) is -1.50. The molecule has 0 radical (unpaired) electrons. The number of amides is 1. The molecule has 3 rings (SSSR count). The monoisotopic (exact) mass is 318 g/mol. The van der Waals surface area contributed by atoms with Gasteiger partial charge in [-0.25, -0.2) is 4.79 Å². The minimum absolute atomic E-state index is 0.227. The maximum atomic E-state index is 12.3. The van der Waals surface area contributed by atoms with Crippen molar-refractivity contribution >= 4 is 6.09 Å². The topological polar surface area (TPSA) is 92.2 Å². The first-order valence-corrected chi connectivity index (χ1v) is 8.06. The third-order valence-electron chi connectivity index (χ3n) is 4.15. The lowest BCUT2D eigenvalue weighted by atomic mass is 9.81. The van der Waals surface area contributed by atoms with Crippen LogP contribution in [0.3, 0.4) is 0 Å². The Kier molecular flexibility index (Phi) is 3.78. The fourth-order valence-electron chi connectivity index (χ4n) is 2.79. The number of carbonyl (C=O) groups excluding carboxylic acids is 1. The van der Waals surface area contributed by atoms with Gasteiger partial charge in [0.15, 0.2) is 11.2 Å². The summed E-state index contributed by atoms with van der Waals surface area (Å²) in [6.45, 7) is 6.28. The molecular weight excluding hydrogens is 296 g/mol. The van der Waals surface area contributed by atoms with Gasteiger partial charge in [0.2, 0.25) is 5.89 Å². The summed E-state index contributed by atoms with van der Waals surface area (Å²) in [6.07, 6.45) is 3.05. The minimum Gasteiger partial charge on any atom is -0.444 e. The summed E-state index contributed by atoms with van der Waals surface area (Å²) in [4.78, 5) is 18.3. The van der Waals surface area contributed by atoms with Crippen LogP contribution in [-0.2, 0) is 10.2 Å². The molecule has 124 valence electrons. The average Bonchev–Trinajstić information content (AvgIpc) is 3.22. The van der Waals surface area contributed by atoms with Gasteiger partial charge < -0.3 is 14.2 Å². The maximum absolute atomic E-state index is 12.3. The van der Waals surface area contributed by atoms with Crippen molar-refractivity contribution in [2.75, 3.05) is 13.1 Å². The lowest BCUT2D eigenvalue weighted by Gasteiger charge is -2.36. The smallest absolute Gasteiger partial charge is 0.410 e. The number of hydrogen-bond acceptors (Lipinski definition) is 6. The second kappa shape index (κ2) is 5.52. The van der Waals surface area contributed by atoms with Gasteiger partial charge in [-0.15, -0.1) is 0 Å². The van der Waals surface area contributed by atoms with E-state index < -0.39 is 17.1 Å². The highest BCUT2D eigenvalue weighted by atomic mass is 16.6. The standard InChI is InChI=1S/C16H22N4O3/c1-15(2,3)22-14(21)20-8-4-7-16(9-17,10-20)13-18-12(19-23-13)11-5-6-11/h11H,4-8,10H2,1-3H3. The van der Waals surface area contributed by atoms with E-state index in [1.54, 1.807) is 4.90 Å². The van der Waals surface area contributed by atoms with Crippen molar-refractivity contribution in [1.29, 1.82) is 5.26 Å². The minimum atomic E-state index is -0.935. The van der Waals surface area contributed by atoms with Gasteiger partial charge in [-0.3, -0.25) is 0 Å². The Morgan fingerprint density at radius 3 is 2.83 bits per heavy atom. The van der Waals surface area contributed by atoms with Gasteiger partial charge in [0, 0.05) is 12.5 Å². The number of nitriles is 1. The highest BCUT2D eigenvalue weighted by Gasteiger charge is 2.45. The molecule has 1 atom stereocenters. The largest absolute Gasteiger partial charge is 0.444 e. The molecule has 7 nitrogen and oxygen atoms in total. The second-order valence-corrected chi connectivity index (χ2v) is 7.43. The van der Waals surface area contributed by atoms with Gasteiger partial charge in [-0.1, -0.05) is 5.16 Å². The summed E-state index contributed by atoms with van der Waals surface area (Å²) < 4.78 is 10.8. The molecule has 0 spiro atoms. The van der Waals surface area contributed by atoms with E-state index in [4.69, 9.17) is 9.26 Å². The number of carbonyl (C=O) groups is 1. The molecule has 2 heterocycles. The van der Waals surface area contributed by atoms with Crippen molar-refractivity contribution in [1.82, 2.24) is 15.0 Å². The van der Waals surface area contributed by atoms with Gasteiger partial charge in [0.05, 0.1) is 12.6 Å². The van der Waals surface area contributed by atoms with Crippen molar-refractivity contribution in [3.63, 3.8) is 0 Å². The van der Waals surface area contributed by atoms with Crippen LogP contribution < -0.4 is 0 Å². The molecule has 1 unspecified atom stereocenters. The molecule has 1 aliphatic carbocycles. The summed E-state index contributed by atoms with van der Waals surface area (Å²) in [5.74, 6) is 1.38. The molecule has 1 aromatic rings. The Morgan fingerprint density at radius 2 is 2.22 bits per heavy atom. The predicted molar refractivity (Wildman–Crippen MR) is 80.6 cm³/mol. The number of ether oxygens (including phenoxy) is 1. The summed E-state index contributed by atoms with van der Waals surface area (Å²) in [7, 11) is 0. The first-order valence-electron chi connectivity index (χ1n) is 8.06. The van der Waals surface area contributed by atoms with E-state index in [2.05, 4.69) is 16.2 Å². The summed E-state index contributed by atoms with van der Waals surface area (Å²) in [5, 5.41) is 13.7. The van der Waals surface area contributed by atoms with Crippen LogP contribution >= 0.6 is 0 Å². The molecule has 0 aromatic carbocycles. The van der Waals surface area contributed by atoms with Crippen LogP contribution in [0.15, 0.2) is 4.52 Å².